The van der Waals surface area contributed by atoms with E-state index in [-0.39, 0.29) is 5.82 Å². The summed E-state index contributed by atoms with van der Waals surface area (Å²) in [7, 11) is 0. The van der Waals surface area contributed by atoms with Crippen molar-refractivity contribution in [2.45, 2.75) is 20.0 Å². The molecule has 0 aliphatic rings. The van der Waals surface area contributed by atoms with E-state index in [2.05, 4.69) is 75.4 Å². The van der Waals surface area contributed by atoms with Crippen LogP contribution in [0.5, 0.6) is 0 Å². The molecule has 0 radical (unpaired) electrons. The van der Waals surface area contributed by atoms with Gasteiger partial charge < -0.3 is 10.3 Å². The van der Waals surface area contributed by atoms with Crippen molar-refractivity contribution in [3.05, 3.63) is 136 Å². The van der Waals surface area contributed by atoms with Gasteiger partial charge in [-0.25, -0.2) is 4.39 Å². The van der Waals surface area contributed by atoms with Crippen LogP contribution >= 0.6 is 0 Å². The van der Waals surface area contributed by atoms with E-state index in [1.54, 1.807) is 12.1 Å². The van der Waals surface area contributed by atoms with Gasteiger partial charge in [-0.2, -0.15) is 5.10 Å². The lowest BCUT2D eigenvalue weighted by molar-refractivity contribution is 0.628. The molecular formula is C35H30FN5. The van der Waals surface area contributed by atoms with E-state index in [0.717, 1.165) is 73.8 Å². The van der Waals surface area contributed by atoms with Crippen LogP contribution in [0, 0.1) is 5.82 Å². The molecule has 6 heteroatoms. The second-order valence-electron chi connectivity index (χ2n) is 10.1. The number of H-pyrrole nitrogens is 2. The summed E-state index contributed by atoms with van der Waals surface area (Å²) >= 11 is 0. The Morgan fingerprint density at radius 3 is 2.61 bits per heavy atom. The SMILES string of the molecule is C=c1c(-c2cc3c(-c4cccc(F)c4)cccc3[nH]2)n[nH]/c1=C/C=C(\C)c1cncc(CNCc2ccccc2)c1. The fraction of sp³-hybridized carbons (Fsp3) is 0.0857. The molecule has 0 atom stereocenters. The number of halogens is 1. The van der Waals surface area contributed by atoms with Crippen LogP contribution in [0.15, 0.2) is 103 Å². The number of nitrogens with one attached hydrogen (secondary N) is 3. The lowest BCUT2D eigenvalue weighted by Gasteiger charge is -2.07. The number of aromatic nitrogens is 4. The molecule has 0 bridgehead atoms. The summed E-state index contributed by atoms with van der Waals surface area (Å²) in [5.41, 5.74) is 8.88. The summed E-state index contributed by atoms with van der Waals surface area (Å²) < 4.78 is 13.9. The van der Waals surface area contributed by atoms with E-state index >= 15 is 0 Å². The summed E-state index contributed by atoms with van der Waals surface area (Å²) in [6.07, 6.45) is 7.82. The van der Waals surface area contributed by atoms with Gasteiger partial charge in [0, 0.05) is 41.6 Å². The number of pyridine rings is 1. The summed E-state index contributed by atoms with van der Waals surface area (Å²) in [5, 5.41) is 13.8. The molecule has 0 saturated heterocycles. The lowest BCUT2D eigenvalue weighted by Crippen LogP contribution is -2.21. The van der Waals surface area contributed by atoms with E-state index < -0.39 is 0 Å². The molecule has 6 aromatic rings. The van der Waals surface area contributed by atoms with E-state index in [9.17, 15) is 4.39 Å². The molecule has 0 fully saturated rings. The fourth-order valence-electron chi connectivity index (χ4n) is 4.98. The molecule has 0 saturated carbocycles. The summed E-state index contributed by atoms with van der Waals surface area (Å²) in [6, 6.07) is 27.2. The number of rotatable bonds is 8. The van der Waals surface area contributed by atoms with Crippen LogP contribution in [0.3, 0.4) is 0 Å². The first-order chi connectivity index (χ1) is 20.0. The van der Waals surface area contributed by atoms with Crippen LogP contribution in [0.4, 0.5) is 4.39 Å². The molecular weight excluding hydrogens is 509 g/mol. The molecule has 3 aromatic heterocycles. The maximum absolute atomic E-state index is 13.9. The van der Waals surface area contributed by atoms with Crippen LogP contribution in [-0.4, -0.2) is 20.2 Å². The van der Waals surface area contributed by atoms with Gasteiger partial charge in [-0.1, -0.05) is 67.3 Å². The van der Waals surface area contributed by atoms with Crippen molar-refractivity contribution in [1.29, 1.82) is 0 Å². The Balaban J connectivity index is 1.22. The topological polar surface area (TPSA) is 69.4 Å². The molecule has 202 valence electrons. The van der Waals surface area contributed by atoms with Gasteiger partial charge in [0.25, 0.3) is 0 Å². The van der Waals surface area contributed by atoms with E-state index in [1.165, 1.54) is 11.6 Å². The predicted octanol–water partition coefficient (Wildman–Crippen LogP) is 6.34. The largest absolute Gasteiger partial charge is 0.353 e. The molecule has 0 unspecified atom stereocenters. The number of hydrogen-bond acceptors (Lipinski definition) is 3. The van der Waals surface area contributed by atoms with Crippen molar-refractivity contribution in [3.63, 3.8) is 0 Å². The second kappa shape index (κ2) is 11.6. The van der Waals surface area contributed by atoms with Gasteiger partial charge in [0.05, 0.1) is 11.0 Å². The molecule has 0 aliphatic carbocycles. The molecule has 41 heavy (non-hydrogen) atoms. The van der Waals surface area contributed by atoms with Gasteiger partial charge >= 0.3 is 0 Å². The van der Waals surface area contributed by atoms with Crippen LogP contribution in [0.2, 0.25) is 0 Å². The Morgan fingerprint density at radius 2 is 1.76 bits per heavy atom. The third-order valence-corrected chi connectivity index (χ3v) is 7.21. The lowest BCUT2D eigenvalue weighted by atomic mass is 10.0. The number of aromatic amines is 2. The van der Waals surface area contributed by atoms with Crippen LogP contribution in [-0.2, 0) is 13.1 Å². The van der Waals surface area contributed by atoms with E-state index in [4.69, 9.17) is 0 Å². The van der Waals surface area contributed by atoms with Crippen LogP contribution in [0.1, 0.15) is 23.6 Å². The first-order valence-electron chi connectivity index (χ1n) is 13.5. The number of nitrogens with zero attached hydrogens (tertiary/aromatic N) is 2. The highest BCUT2D eigenvalue weighted by Gasteiger charge is 2.12. The summed E-state index contributed by atoms with van der Waals surface area (Å²) in [5.74, 6) is -0.256. The third kappa shape index (κ3) is 5.78. The molecule has 6 rings (SSSR count). The summed E-state index contributed by atoms with van der Waals surface area (Å²) in [4.78, 5) is 7.91. The van der Waals surface area contributed by atoms with Gasteiger partial charge in [-0.15, -0.1) is 0 Å². The Morgan fingerprint density at radius 1 is 0.927 bits per heavy atom. The van der Waals surface area contributed by atoms with Gasteiger partial charge in [-0.05, 0) is 76.7 Å². The highest BCUT2D eigenvalue weighted by Crippen LogP contribution is 2.31. The average Bonchev–Trinajstić information content (AvgIpc) is 3.59. The number of fused-ring (bicyclic) bond motifs is 1. The monoisotopic (exact) mass is 539 g/mol. The van der Waals surface area contributed by atoms with Crippen LogP contribution < -0.4 is 15.9 Å². The molecule has 3 heterocycles. The summed E-state index contributed by atoms with van der Waals surface area (Å²) in [6.45, 7) is 7.92. The Hall–Kier alpha value is -5.07. The number of benzene rings is 3. The standard InChI is InChI=1S/C35H30FN5/c1-23(28-16-26(21-38-22-28)20-37-19-25-8-4-3-5-9-25)14-15-32-24(2)35(41-40-32)34-18-31-30(12-7-13-33(31)39-34)27-10-6-11-29(36)17-27/h3-18,21-22,37,39-40H,2,19-20H2,1H3/b23-14+,32-15+. The van der Waals surface area contributed by atoms with E-state index in [0.29, 0.717) is 0 Å². The highest BCUT2D eigenvalue weighted by atomic mass is 19.1. The van der Waals surface area contributed by atoms with E-state index in [1.807, 2.05) is 54.9 Å². The number of hydrogen-bond donors (Lipinski definition) is 3. The molecule has 0 amide bonds. The molecule has 3 aromatic carbocycles. The average molecular weight is 540 g/mol. The highest BCUT2D eigenvalue weighted by molar-refractivity contribution is 5.98. The third-order valence-electron chi connectivity index (χ3n) is 7.21. The van der Waals surface area contributed by atoms with Gasteiger partial charge in [0.1, 0.15) is 11.5 Å². The van der Waals surface area contributed by atoms with Gasteiger partial charge in [0.15, 0.2) is 0 Å². The quantitative estimate of drug-likeness (QED) is 0.211. The fourth-order valence-corrected chi connectivity index (χ4v) is 4.98. The minimum Gasteiger partial charge on any atom is -0.353 e. The van der Waals surface area contributed by atoms with Crippen molar-refractivity contribution in [1.82, 2.24) is 25.5 Å². The zero-order chi connectivity index (χ0) is 28.2. The first-order valence-corrected chi connectivity index (χ1v) is 13.5. The zero-order valence-corrected chi connectivity index (χ0v) is 22.8. The minimum absolute atomic E-state index is 0.256. The minimum atomic E-state index is -0.256. The molecule has 3 N–H and O–H groups in total. The Bertz CT molecular complexity index is 1970. The van der Waals surface area contributed by atoms with Crippen molar-refractivity contribution in [2.24, 2.45) is 0 Å². The van der Waals surface area contributed by atoms with Crippen molar-refractivity contribution >= 4 is 29.1 Å². The van der Waals surface area contributed by atoms with Crippen molar-refractivity contribution in [2.75, 3.05) is 0 Å². The van der Waals surface area contributed by atoms with Gasteiger partial charge in [0.2, 0.25) is 0 Å². The van der Waals surface area contributed by atoms with Crippen molar-refractivity contribution in [3.8, 4) is 22.5 Å². The first kappa shape index (κ1) is 26.2. The van der Waals surface area contributed by atoms with Gasteiger partial charge in [-0.3, -0.25) is 10.1 Å². The Labute approximate surface area is 237 Å². The molecule has 5 nitrogen and oxygen atoms in total. The Kier molecular flexibility index (Phi) is 7.39. The molecule has 0 aliphatic heterocycles. The maximum Gasteiger partial charge on any atom is 0.123 e. The maximum atomic E-state index is 13.9. The molecule has 0 spiro atoms. The van der Waals surface area contributed by atoms with Crippen LogP contribution in [0.25, 0.3) is 51.6 Å². The predicted molar refractivity (Wildman–Crippen MR) is 165 cm³/mol. The normalized spacial score (nSPS) is 12.3. The smallest absolute Gasteiger partial charge is 0.123 e. The second-order valence-corrected chi connectivity index (χ2v) is 10.1. The van der Waals surface area contributed by atoms with Crippen molar-refractivity contribution < 1.29 is 4.39 Å². The zero-order valence-electron chi connectivity index (χ0n) is 22.8. The number of allylic oxidation sites excluding steroid dienone is 2.